The van der Waals surface area contributed by atoms with Crippen LogP contribution >= 0.6 is 27.3 Å². The molecule has 2 heterocycles. The van der Waals surface area contributed by atoms with Gasteiger partial charge in [0.25, 0.3) is 5.91 Å². The normalized spacial score (nSPS) is 20.4. The van der Waals surface area contributed by atoms with Crippen LogP contribution in [0, 0.1) is 0 Å². The number of ether oxygens (including phenoxy) is 1. The van der Waals surface area contributed by atoms with Crippen LogP contribution in [0.15, 0.2) is 9.85 Å². The first-order valence-electron chi connectivity index (χ1n) is 5.48. The maximum atomic E-state index is 12.3. The zero-order chi connectivity index (χ0) is 12.4. The van der Waals surface area contributed by atoms with Crippen LogP contribution in [0.4, 0.5) is 0 Å². The molecule has 2 rings (SSSR count). The highest BCUT2D eigenvalue weighted by molar-refractivity contribution is 9.11. The Morgan fingerprint density at radius 1 is 1.71 bits per heavy atom. The highest BCUT2D eigenvalue weighted by Gasteiger charge is 2.26. The molecular formula is C11H15BrN2O2S. The van der Waals surface area contributed by atoms with Gasteiger partial charge in [0.15, 0.2) is 0 Å². The van der Waals surface area contributed by atoms with E-state index in [1.54, 1.807) is 13.2 Å². The summed E-state index contributed by atoms with van der Waals surface area (Å²) in [6, 6.07) is 2.04. The van der Waals surface area contributed by atoms with Crippen molar-refractivity contribution in [3.8, 4) is 5.75 Å². The number of nitrogens with zero attached hydrogens (tertiary/aromatic N) is 1. The number of thiophene rings is 1. The van der Waals surface area contributed by atoms with Gasteiger partial charge in [0.2, 0.25) is 0 Å². The summed E-state index contributed by atoms with van der Waals surface area (Å²) in [5, 5.41) is 3.27. The molecule has 4 nitrogen and oxygen atoms in total. The molecule has 1 aliphatic heterocycles. The predicted octanol–water partition coefficient (Wildman–Crippen LogP) is 1.95. The van der Waals surface area contributed by atoms with Gasteiger partial charge in [0.1, 0.15) is 9.54 Å². The van der Waals surface area contributed by atoms with Crippen molar-refractivity contribution in [3.63, 3.8) is 0 Å². The van der Waals surface area contributed by atoms with Crippen molar-refractivity contribution in [2.75, 3.05) is 26.7 Å². The van der Waals surface area contributed by atoms with E-state index < -0.39 is 0 Å². The van der Waals surface area contributed by atoms with E-state index in [0.717, 1.165) is 34.0 Å². The average Bonchev–Trinajstić information content (AvgIpc) is 2.70. The van der Waals surface area contributed by atoms with E-state index in [4.69, 9.17) is 4.74 Å². The molecule has 0 radical (unpaired) electrons. The zero-order valence-electron chi connectivity index (χ0n) is 9.83. The Balaban J connectivity index is 2.17. The molecule has 1 fully saturated rings. The Morgan fingerprint density at radius 2 is 2.47 bits per heavy atom. The number of halogens is 1. The lowest BCUT2D eigenvalue weighted by Gasteiger charge is -2.33. The molecule has 0 saturated carbocycles. The standard InChI is InChI=1S/C11H15BrN2O2S/c1-7-6-13-3-4-14(7)11(15)9-5-8(16-2)10(12)17-9/h5,7,13H,3-4,6H2,1-2H3. The number of amides is 1. The SMILES string of the molecule is COc1cc(C(=O)N2CCNCC2C)sc1Br. The minimum atomic E-state index is 0.0907. The first-order valence-corrected chi connectivity index (χ1v) is 7.09. The summed E-state index contributed by atoms with van der Waals surface area (Å²) in [7, 11) is 1.61. The van der Waals surface area contributed by atoms with E-state index in [2.05, 4.69) is 28.2 Å². The molecule has 1 saturated heterocycles. The quantitative estimate of drug-likeness (QED) is 0.906. The second-order valence-corrected chi connectivity index (χ2v) is 6.37. The lowest BCUT2D eigenvalue weighted by atomic mass is 10.2. The van der Waals surface area contributed by atoms with Crippen LogP contribution in [0.5, 0.6) is 5.75 Å². The van der Waals surface area contributed by atoms with Crippen LogP contribution in [0.3, 0.4) is 0 Å². The largest absolute Gasteiger partial charge is 0.495 e. The van der Waals surface area contributed by atoms with Gasteiger partial charge in [-0.2, -0.15) is 0 Å². The number of piperazine rings is 1. The molecule has 1 N–H and O–H groups in total. The van der Waals surface area contributed by atoms with Crippen LogP contribution < -0.4 is 10.1 Å². The maximum Gasteiger partial charge on any atom is 0.264 e. The second-order valence-electron chi connectivity index (χ2n) is 4.00. The van der Waals surface area contributed by atoms with Crippen LogP contribution in [-0.4, -0.2) is 43.6 Å². The van der Waals surface area contributed by atoms with Gasteiger partial charge < -0.3 is 15.0 Å². The van der Waals surface area contributed by atoms with Crippen molar-refractivity contribution in [3.05, 3.63) is 14.7 Å². The van der Waals surface area contributed by atoms with E-state index in [-0.39, 0.29) is 11.9 Å². The second kappa shape index (κ2) is 5.37. The summed E-state index contributed by atoms with van der Waals surface area (Å²) in [6.07, 6.45) is 0. The number of carbonyl (C=O) groups is 1. The minimum absolute atomic E-state index is 0.0907. The number of methoxy groups -OCH3 is 1. The summed E-state index contributed by atoms with van der Waals surface area (Å²) in [5.41, 5.74) is 0. The zero-order valence-corrected chi connectivity index (χ0v) is 12.2. The molecule has 1 aliphatic rings. The topological polar surface area (TPSA) is 41.6 Å². The Labute approximate surface area is 113 Å². The molecule has 1 unspecified atom stereocenters. The fraction of sp³-hybridized carbons (Fsp3) is 0.545. The molecule has 1 atom stereocenters. The van der Waals surface area contributed by atoms with Gasteiger partial charge in [-0.25, -0.2) is 0 Å². The van der Waals surface area contributed by atoms with Crippen molar-refractivity contribution < 1.29 is 9.53 Å². The predicted molar refractivity (Wildman–Crippen MR) is 71.9 cm³/mol. The summed E-state index contributed by atoms with van der Waals surface area (Å²) in [4.78, 5) is 15.0. The molecular weight excluding hydrogens is 304 g/mol. The van der Waals surface area contributed by atoms with E-state index in [0.29, 0.717) is 0 Å². The summed E-state index contributed by atoms with van der Waals surface area (Å²) < 4.78 is 6.04. The highest BCUT2D eigenvalue weighted by atomic mass is 79.9. The van der Waals surface area contributed by atoms with Gasteiger partial charge in [-0.15, -0.1) is 11.3 Å². The van der Waals surface area contributed by atoms with E-state index in [1.807, 2.05) is 4.90 Å². The molecule has 0 aliphatic carbocycles. The lowest BCUT2D eigenvalue weighted by molar-refractivity contribution is 0.0660. The van der Waals surface area contributed by atoms with Gasteiger partial charge >= 0.3 is 0 Å². The molecule has 6 heteroatoms. The lowest BCUT2D eigenvalue weighted by Crippen LogP contribution is -2.52. The molecule has 1 aromatic rings. The molecule has 17 heavy (non-hydrogen) atoms. The Kier molecular flexibility index (Phi) is 4.06. The Hall–Kier alpha value is -0.590. The fourth-order valence-electron chi connectivity index (χ4n) is 1.88. The van der Waals surface area contributed by atoms with E-state index in [9.17, 15) is 4.79 Å². The molecule has 0 aromatic carbocycles. The van der Waals surface area contributed by atoms with Crippen molar-refractivity contribution in [2.24, 2.45) is 0 Å². The van der Waals surface area contributed by atoms with Gasteiger partial charge in [-0.1, -0.05) is 0 Å². The Bertz CT molecular complexity index is 422. The van der Waals surface area contributed by atoms with Gasteiger partial charge in [0.05, 0.1) is 12.0 Å². The molecule has 0 bridgehead atoms. The minimum Gasteiger partial charge on any atom is -0.495 e. The van der Waals surface area contributed by atoms with Crippen molar-refractivity contribution in [2.45, 2.75) is 13.0 Å². The van der Waals surface area contributed by atoms with Crippen molar-refractivity contribution in [1.82, 2.24) is 10.2 Å². The number of nitrogens with one attached hydrogen (secondary N) is 1. The van der Waals surface area contributed by atoms with Gasteiger partial charge in [-0.05, 0) is 22.9 Å². The van der Waals surface area contributed by atoms with Crippen molar-refractivity contribution in [1.29, 1.82) is 0 Å². The van der Waals surface area contributed by atoms with Crippen LogP contribution in [-0.2, 0) is 0 Å². The third-order valence-corrected chi connectivity index (χ3v) is 4.62. The summed E-state index contributed by atoms with van der Waals surface area (Å²) >= 11 is 4.82. The smallest absolute Gasteiger partial charge is 0.264 e. The summed E-state index contributed by atoms with van der Waals surface area (Å²) in [5.74, 6) is 0.814. The monoisotopic (exact) mass is 318 g/mol. The van der Waals surface area contributed by atoms with Crippen LogP contribution in [0.25, 0.3) is 0 Å². The van der Waals surface area contributed by atoms with Crippen LogP contribution in [0.1, 0.15) is 16.6 Å². The number of carbonyl (C=O) groups excluding carboxylic acids is 1. The third-order valence-electron chi connectivity index (χ3n) is 2.85. The van der Waals surface area contributed by atoms with E-state index in [1.165, 1.54) is 11.3 Å². The molecule has 1 aromatic heterocycles. The fourth-order valence-corrected chi connectivity index (χ4v) is 3.49. The first-order chi connectivity index (χ1) is 8.13. The molecule has 0 spiro atoms. The highest BCUT2D eigenvalue weighted by Crippen LogP contribution is 2.35. The number of hydrogen-bond donors (Lipinski definition) is 1. The number of rotatable bonds is 2. The first kappa shape index (κ1) is 12.9. The van der Waals surface area contributed by atoms with Crippen LogP contribution in [0.2, 0.25) is 0 Å². The number of hydrogen-bond acceptors (Lipinski definition) is 4. The maximum absolute atomic E-state index is 12.3. The van der Waals surface area contributed by atoms with Gasteiger partial charge in [0, 0.05) is 31.7 Å². The van der Waals surface area contributed by atoms with E-state index >= 15 is 0 Å². The Morgan fingerprint density at radius 3 is 3.06 bits per heavy atom. The van der Waals surface area contributed by atoms with Crippen molar-refractivity contribution >= 4 is 33.2 Å². The summed E-state index contributed by atoms with van der Waals surface area (Å²) in [6.45, 7) is 4.54. The average molecular weight is 319 g/mol. The van der Waals surface area contributed by atoms with Gasteiger partial charge in [-0.3, -0.25) is 4.79 Å². The molecule has 94 valence electrons. The third kappa shape index (κ3) is 2.64. The molecule has 1 amide bonds.